The Morgan fingerprint density at radius 1 is 1.22 bits per heavy atom. The maximum absolute atomic E-state index is 8.06. The highest BCUT2D eigenvalue weighted by molar-refractivity contribution is 6.25. The predicted octanol–water partition coefficient (Wildman–Crippen LogP) is 1.03. The molecule has 0 aromatic carbocycles. The summed E-state index contributed by atoms with van der Waals surface area (Å²) in [6.45, 7) is 3.44. The standard InChI is InChI=1S/C3H8O.C2H4Cl2.H2O/c1-3(2)4;3-1-2-4;/h3-4H,1-2H3;1-2H2;1H2. The monoisotopic (exact) mass is 176 g/mol. The lowest BCUT2D eigenvalue weighted by molar-refractivity contribution is 0.216. The molecule has 0 aliphatic heterocycles. The van der Waals surface area contributed by atoms with Crippen molar-refractivity contribution in [2.45, 2.75) is 20.0 Å². The predicted molar refractivity (Wildman–Crippen MR) is 42.4 cm³/mol. The van der Waals surface area contributed by atoms with Crippen molar-refractivity contribution in [2.75, 3.05) is 11.8 Å². The van der Waals surface area contributed by atoms with Crippen molar-refractivity contribution in [3.63, 3.8) is 0 Å². The van der Waals surface area contributed by atoms with Crippen molar-refractivity contribution >= 4 is 23.2 Å². The van der Waals surface area contributed by atoms with Crippen LogP contribution in [0, 0.1) is 0 Å². The van der Waals surface area contributed by atoms with E-state index < -0.39 is 0 Å². The Bertz CT molecular complexity index is 29.4. The highest BCUT2D eigenvalue weighted by Gasteiger charge is 1.69. The lowest BCUT2D eigenvalue weighted by atomic mass is 10.5. The molecule has 0 saturated carbocycles. The van der Waals surface area contributed by atoms with E-state index in [0.29, 0.717) is 11.8 Å². The zero-order chi connectivity index (χ0) is 6.99. The Morgan fingerprint density at radius 3 is 1.33 bits per heavy atom. The lowest BCUT2D eigenvalue weighted by Crippen LogP contribution is -1.85. The molecule has 0 fully saturated rings. The summed E-state index contributed by atoms with van der Waals surface area (Å²) in [6, 6.07) is 0. The molecule has 0 atom stereocenters. The van der Waals surface area contributed by atoms with Crippen molar-refractivity contribution in [3.05, 3.63) is 0 Å². The van der Waals surface area contributed by atoms with Gasteiger partial charge in [-0.1, -0.05) is 0 Å². The molecule has 0 heterocycles. The zero-order valence-corrected chi connectivity index (χ0v) is 7.21. The highest BCUT2D eigenvalue weighted by Crippen LogP contribution is 1.75. The molecule has 0 aromatic rings. The first-order chi connectivity index (χ1) is 3.65. The zero-order valence-electron chi connectivity index (χ0n) is 5.69. The van der Waals surface area contributed by atoms with Crippen LogP contribution in [0.4, 0.5) is 0 Å². The molecule has 0 radical (unpaired) electrons. The van der Waals surface area contributed by atoms with Crippen LogP contribution >= 0.6 is 23.2 Å². The van der Waals surface area contributed by atoms with E-state index in [1.807, 2.05) is 0 Å². The van der Waals surface area contributed by atoms with Gasteiger partial charge in [0.05, 0.1) is 0 Å². The van der Waals surface area contributed by atoms with Crippen LogP contribution in [0.5, 0.6) is 0 Å². The molecule has 0 unspecified atom stereocenters. The first kappa shape index (κ1) is 16.2. The van der Waals surface area contributed by atoms with Crippen LogP contribution in [-0.2, 0) is 0 Å². The molecule has 0 saturated heterocycles. The third-order valence-electron chi connectivity index (χ3n) is 0.0714. The molecule has 0 amide bonds. The summed E-state index contributed by atoms with van der Waals surface area (Å²) in [5.41, 5.74) is 0. The minimum absolute atomic E-state index is 0. The molecule has 0 bridgehead atoms. The van der Waals surface area contributed by atoms with Crippen molar-refractivity contribution in [3.8, 4) is 0 Å². The van der Waals surface area contributed by atoms with Gasteiger partial charge in [-0.15, -0.1) is 23.2 Å². The largest absolute Gasteiger partial charge is 0.412 e. The topological polar surface area (TPSA) is 51.7 Å². The summed E-state index contributed by atoms with van der Waals surface area (Å²) >= 11 is 10.1. The van der Waals surface area contributed by atoms with Crippen molar-refractivity contribution < 1.29 is 10.6 Å². The van der Waals surface area contributed by atoms with Gasteiger partial charge in [0.1, 0.15) is 0 Å². The number of aliphatic hydroxyl groups is 1. The van der Waals surface area contributed by atoms with Gasteiger partial charge in [0.2, 0.25) is 0 Å². The molecular weight excluding hydrogens is 163 g/mol. The maximum Gasteiger partial charge on any atom is 0.0483 e. The van der Waals surface area contributed by atoms with E-state index in [4.69, 9.17) is 28.3 Å². The number of hydrogen-bond donors (Lipinski definition) is 1. The summed E-state index contributed by atoms with van der Waals surface area (Å²) < 4.78 is 0. The average Bonchev–Trinajstić information content (AvgIpc) is 1.65. The molecule has 2 nitrogen and oxygen atoms in total. The molecule has 0 rings (SSSR count). The quantitative estimate of drug-likeness (QED) is 0.597. The van der Waals surface area contributed by atoms with Crippen LogP contribution in [0.25, 0.3) is 0 Å². The van der Waals surface area contributed by atoms with E-state index in [9.17, 15) is 0 Å². The molecule has 3 N–H and O–H groups in total. The number of alkyl halides is 2. The summed E-state index contributed by atoms with van der Waals surface area (Å²) in [5, 5.41) is 8.06. The van der Waals surface area contributed by atoms with Gasteiger partial charge in [-0.2, -0.15) is 0 Å². The number of rotatable bonds is 1. The van der Waals surface area contributed by atoms with Crippen LogP contribution in [0.2, 0.25) is 0 Å². The van der Waals surface area contributed by atoms with Crippen LogP contribution in [-0.4, -0.2) is 28.4 Å². The molecule has 0 aliphatic rings. The Hall–Kier alpha value is 0.500. The Morgan fingerprint density at radius 2 is 1.33 bits per heavy atom. The van der Waals surface area contributed by atoms with Crippen molar-refractivity contribution in [1.82, 2.24) is 0 Å². The molecular formula is C5H14Cl2O2. The number of hydrogen-bond acceptors (Lipinski definition) is 1. The van der Waals surface area contributed by atoms with Crippen LogP contribution < -0.4 is 0 Å². The summed E-state index contributed by atoms with van der Waals surface area (Å²) in [5.74, 6) is 1.11. The molecule has 4 heteroatoms. The smallest absolute Gasteiger partial charge is 0.0483 e. The summed E-state index contributed by atoms with van der Waals surface area (Å²) in [6.07, 6.45) is -0.167. The second-order valence-corrected chi connectivity index (χ2v) is 2.23. The van der Waals surface area contributed by atoms with Gasteiger partial charge < -0.3 is 10.6 Å². The van der Waals surface area contributed by atoms with Crippen LogP contribution in [0.3, 0.4) is 0 Å². The van der Waals surface area contributed by atoms with Crippen molar-refractivity contribution in [1.29, 1.82) is 0 Å². The van der Waals surface area contributed by atoms with E-state index in [0.717, 1.165) is 0 Å². The maximum atomic E-state index is 8.06. The fourth-order valence-electron chi connectivity index (χ4n) is 0. The van der Waals surface area contributed by atoms with Crippen LogP contribution in [0.1, 0.15) is 13.8 Å². The normalized spacial score (nSPS) is 7.33. The lowest BCUT2D eigenvalue weighted by Gasteiger charge is -1.80. The first-order valence-electron chi connectivity index (χ1n) is 2.45. The second-order valence-electron chi connectivity index (χ2n) is 1.47. The first-order valence-corrected chi connectivity index (χ1v) is 3.52. The average molecular weight is 177 g/mol. The van der Waals surface area contributed by atoms with Gasteiger partial charge in [0.15, 0.2) is 0 Å². The van der Waals surface area contributed by atoms with E-state index in [1.165, 1.54) is 0 Å². The fraction of sp³-hybridized carbons (Fsp3) is 1.00. The van der Waals surface area contributed by atoms with E-state index in [1.54, 1.807) is 13.8 Å². The Balaban J connectivity index is -0.0000000720. The van der Waals surface area contributed by atoms with E-state index >= 15 is 0 Å². The minimum Gasteiger partial charge on any atom is -0.412 e. The van der Waals surface area contributed by atoms with E-state index in [2.05, 4.69) is 0 Å². The van der Waals surface area contributed by atoms with E-state index in [-0.39, 0.29) is 11.6 Å². The van der Waals surface area contributed by atoms with Gasteiger partial charge in [-0.3, -0.25) is 0 Å². The highest BCUT2D eigenvalue weighted by atomic mass is 35.5. The third kappa shape index (κ3) is 160. The molecule has 9 heavy (non-hydrogen) atoms. The molecule has 0 aromatic heterocycles. The molecule has 60 valence electrons. The van der Waals surface area contributed by atoms with Gasteiger partial charge >= 0.3 is 0 Å². The number of halogens is 2. The summed E-state index contributed by atoms with van der Waals surface area (Å²) in [7, 11) is 0. The fourth-order valence-corrected chi connectivity index (χ4v) is 0. The second kappa shape index (κ2) is 15.8. The van der Waals surface area contributed by atoms with Gasteiger partial charge in [-0.25, -0.2) is 0 Å². The minimum atomic E-state index is -0.167. The molecule has 0 spiro atoms. The van der Waals surface area contributed by atoms with Gasteiger partial charge in [-0.05, 0) is 13.8 Å². The van der Waals surface area contributed by atoms with Gasteiger partial charge in [0, 0.05) is 17.9 Å². The molecule has 0 aliphatic carbocycles. The van der Waals surface area contributed by atoms with Crippen molar-refractivity contribution in [2.24, 2.45) is 0 Å². The summed E-state index contributed by atoms with van der Waals surface area (Å²) in [4.78, 5) is 0. The van der Waals surface area contributed by atoms with Crippen LogP contribution in [0.15, 0.2) is 0 Å². The number of aliphatic hydroxyl groups excluding tert-OH is 1. The van der Waals surface area contributed by atoms with Gasteiger partial charge in [0.25, 0.3) is 0 Å². The SMILES string of the molecule is CC(C)O.ClCCCl.O. The Kier molecular flexibility index (Phi) is 28.5. The Labute approximate surface area is 66.1 Å². The third-order valence-corrected chi connectivity index (χ3v) is 0.643.